The Morgan fingerprint density at radius 3 is 2.29 bits per heavy atom. The van der Waals surface area contributed by atoms with Gasteiger partial charge < -0.3 is 24.2 Å². The largest absolute Gasteiger partial charge is 0.493 e. The SMILES string of the molecule is COc1cc(/C=C2/SC(N3CCN(CCO)CC3)=NC2=O)cc(OC)c1OC. The van der Waals surface area contributed by atoms with Crippen molar-refractivity contribution in [3.8, 4) is 17.2 Å². The third-order valence-electron chi connectivity index (χ3n) is 4.65. The molecule has 2 heterocycles. The summed E-state index contributed by atoms with van der Waals surface area (Å²) < 4.78 is 16.1. The summed E-state index contributed by atoms with van der Waals surface area (Å²) in [7, 11) is 4.66. The lowest BCUT2D eigenvalue weighted by Gasteiger charge is -2.34. The number of methoxy groups -OCH3 is 3. The van der Waals surface area contributed by atoms with Gasteiger partial charge >= 0.3 is 0 Å². The van der Waals surface area contributed by atoms with Crippen molar-refractivity contribution in [1.82, 2.24) is 9.80 Å². The van der Waals surface area contributed by atoms with Crippen molar-refractivity contribution in [2.75, 3.05) is 60.7 Å². The van der Waals surface area contributed by atoms with Gasteiger partial charge in [-0.1, -0.05) is 0 Å². The summed E-state index contributed by atoms with van der Waals surface area (Å²) in [6.45, 7) is 4.11. The summed E-state index contributed by atoms with van der Waals surface area (Å²) >= 11 is 1.38. The quantitative estimate of drug-likeness (QED) is 0.707. The highest BCUT2D eigenvalue weighted by Crippen LogP contribution is 2.40. The summed E-state index contributed by atoms with van der Waals surface area (Å²) in [5.41, 5.74) is 0.773. The van der Waals surface area contributed by atoms with Gasteiger partial charge in [-0.15, -0.1) is 0 Å². The number of aliphatic hydroxyl groups is 1. The van der Waals surface area contributed by atoms with Gasteiger partial charge in [0.15, 0.2) is 16.7 Å². The van der Waals surface area contributed by atoms with E-state index in [0.717, 1.165) is 36.9 Å². The van der Waals surface area contributed by atoms with Crippen LogP contribution in [-0.2, 0) is 4.79 Å². The molecule has 9 heteroatoms. The molecule has 0 radical (unpaired) electrons. The second-order valence-electron chi connectivity index (χ2n) is 6.32. The second-order valence-corrected chi connectivity index (χ2v) is 7.33. The number of β-amino-alcohol motifs (C(OH)–C–C–N with tert-alkyl or cyclic N) is 1. The molecule has 0 aliphatic carbocycles. The van der Waals surface area contributed by atoms with Crippen LogP contribution in [0, 0.1) is 0 Å². The third kappa shape index (κ3) is 4.43. The fourth-order valence-corrected chi connectivity index (χ4v) is 4.14. The molecular weight excluding hydrogens is 382 g/mol. The zero-order valence-corrected chi connectivity index (χ0v) is 17.1. The van der Waals surface area contributed by atoms with Gasteiger partial charge in [-0.05, 0) is 35.5 Å². The van der Waals surface area contributed by atoms with E-state index in [1.165, 1.54) is 11.8 Å². The zero-order chi connectivity index (χ0) is 20.1. The van der Waals surface area contributed by atoms with Crippen LogP contribution in [0.25, 0.3) is 6.08 Å². The number of aliphatic imine (C=N–C) groups is 1. The highest BCUT2D eigenvalue weighted by atomic mass is 32.2. The van der Waals surface area contributed by atoms with Gasteiger partial charge in [0.25, 0.3) is 5.91 Å². The molecule has 0 aromatic heterocycles. The molecule has 0 atom stereocenters. The van der Waals surface area contributed by atoms with Crippen LogP contribution in [0.5, 0.6) is 17.2 Å². The number of benzene rings is 1. The first kappa shape index (κ1) is 20.5. The molecular formula is C19H25N3O5S. The third-order valence-corrected chi connectivity index (χ3v) is 5.70. The maximum absolute atomic E-state index is 12.4. The number of thioether (sulfide) groups is 1. The van der Waals surface area contributed by atoms with Crippen molar-refractivity contribution in [2.45, 2.75) is 0 Å². The number of carbonyl (C=O) groups is 1. The molecule has 1 fully saturated rings. The number of hydrogen-bond acceptors (Lipinski definition) is 8. The van der Waals surface area contributed by atoms with Crippen LogP contribution in [0.4, 0.5) is 0 Å². The Kier molecular flexibility index (Phi) is 6.82. The number of aliphatic hydroxyl groups excluding tert-OH is 1. The molecule has 28 heavy (non-hydrogen) atoms. The van der Waals surface area contributed by atoms with E-state index in [2.05, 4.69) is 14.8 Å². The maximum atomic E-state index is 12.4. The van der Waals surface area contributed by atoms with Crippen molar-refractivity contribution in [1.29, 1.82) is 0 Å². The van der Waals surface area contributed by atoms with Gasteiger partial charge in [-0.25, -0.2) is 0 Å². The average molecular weight is 407 g/mol. The molecule has 1 amide bonds. The minimum atomic E-state index is -0.244. The Morgan fingerprint density at radius 1 is 1.11 bits per heavy atom. The molecule has 8 nitrogen and oxygen atoms in total. The molecule has 3 rings (SSSR count). The molecule has 0 saturated carbocycles. The van der Waals surface area contributed by atoms with E-state index in [1.54, 1.807) is 39.5 Å². The first-order valence-electron chi connectivity index (χ1n) is 9.00. The number of hydrogen-bond donors (Lipinski definition) is 1. The van der Waals surface area contributed by atoms with E-state index < -0.39 is 0 Å². The van der Waals surface area contributed by atoms with Crippen molar-refractivity contribution >= 4 is 28.9 Å². The van der Waals surface area contributed by atoms with E-state index in [9.17, 15) is 4.79 Å². The zero-order valence-electron chi connectivity index (χ0n) is 16.3. The molecule has 0 unspecified atom stereocenters. The maximum Gasteiger partial charge on any atom is 0.286 e. The van der Waals surface area contributed by atoms with Gasteiger partial charge in [-0.2, -0.15) is 4.99 Å². The van der Waals surface area contributed by atoms with E-state index in [-0.39, 0.29) is 12.5 Å². The fourth-order valence-electron chi connectivity index (χ4n) is 3.17. The van der Waals surface area contributed by atoms with E-state index >= 15 is 0 Å². The molecule has 0 bridgehead atoms. The Labute approximate surface area is 168 Å². The van der Waals surface area contributed by atoms with E-state index in [0.29, 0.717) is 28.7 Å². The van der Waals surface area contributed by atoms with Crippen LogP contribution in [-0.4, -0.2) is 86.6 Å². The molecule has 1 aromatic rings. The van der Waals surface area contributed by atoms with Crippen LogP contribution in [0.1, 0.15) is 5.56 Å². The first-order chi connectivity index (χ1) is 13.6. The van der Waals surface area contributed by atoms with Gasteiger partial charge in [0, 0.05) is 32.7 Å². The molecule has 2 aliphatic heterocycles. The first-order valence-corrected chi connectivity index (χ1v) is 9.82. The predicted octanol–water partition coefficient (Wildman–Crippen LogP) is 1.29. The lowest BCUT2D eigenvalue weighted by molar-refractivity contribution is -0.113. The van der Waals surface area contributed by atoms with Crippen molar-refractivity contribution in [3.05, 3.63) is 22.6 Å². The van der Waals surface area contributed by atoms with Crippen LogP contribution in [0.3, 0.4) is 0 Å². The standard InChI is InChI=1S/C19H25N3O5S/c1-25-14-10-13(11-15(26-2)17(14)27-3)12-16-18(24)20-19(28-16)22-6-4-21(5-7-22)8-9-23/h10-12,23H,4-9H2,1-3H3/b16-12+. The molecule has 152 valence electrons. The molecule has 1 saturated heterocycles. The highest BCUT2D eigenvalue weighted by molar-refractivity contribution is 8.18. The number of piperazine rings is 1. The van der Waals surface area contributed by atoms with Gasteiger partial charge in [-0.3, -0.25) is 9.69 Å². The normalized spacial score (nSPS) is 19.1. The molecule has 0 spiro atoms. The Bertz CT molecular complexity index is 763. The van der Waals surface area contributed by atoms with Crippen LogP contribution >= 0.6 is 11.8 Å². The molecule has 1 N–H and O–H groups in total. The smallest absolute Gasteiger partial charge is 0.286 e. The molecule has 1 aromatic carbocycles. The Balaban J connectivity index is 1.74. The summed E-state index contributed by atoms with van der Waals surface area (Å²) in [5.74, 6) is 1.33. The molecule has 2 aliphatic rings. The van der Waals surface area contributed by atoms with Gasteiger partial charge in [0.2, 0.25) is 5.75 Å². The lowest BCUT2D eigenvalue weighted by atomic mass is 10.1. The Hall–Kier alpha value is -2.23. The summed E-state index contributed by atoms with van der Waals surface area (Å²) in [4.78, 5) is 21.5. The summed E-state index contributed by atoms with van der Waals surface area (Å²) in [6.07, 6.45) is 1.79. The summed E-state index contributed by atoms with van der Waals surface area (Å²) in [6, 6.07) is 3.60. The highest BCUT2D eigenvalue weighted by Gasteiger charge is 2.28. The lowest BCUT2D eigenvalue weighted by Crippen LogP contribution is -2.48. The number of rotatable bonds is 6. The summed E-state index contributed by atoms with van der Waals surface area (Å²) in [5, 5.41) is 9.78. The van der Waals surface area contributed by atoms with Crippen molar-refractivity contribution in [3.63, 3.8) is 0 Å². The van der Waals surface area contributed by atoms with E-state index in [1.807, 2.05) is 0 Å². The van der Waals surface area contributed by atoms with Gasteiger partial charge in [0.1, 0.15) is 0 Å². The van der Waals surface area contributed by atoms with E-state index in [4.69, 9.17) is 19.3 Å². The minimum absolute atomic E-state index is 0.163. The minimum Gasteiger partial charge on any atom is -0.493 e. The van der Waals surface area contributed by atoms with Crippen LogP contribution in [0.15, 0.2) is 22.0 Å². The van der Waals surface area contributed by atoms with Crippen LogP contribution in [0.2, 0.25) is 0 Å². The van der Waals surface area contributed by atoms with Gasteiger partial charge in [0.05, 0.1) is 32.8 Å². The average Bonchev–Trinajstić information content (AvgIpc) is 3.08. The predicted molar refractivity (Wildman–Crippen MR) is 109 cm³/mol. The number of amidine groups is 1. The number of ether oxygens (including phenoxy) is 3. The second kappa shape index (κ2) is 9.31. The monoisotopic (exact) mass is 407 g/mol. The Morgan fingerprint density at radius 2 is 1.75 bits per heavy atom. The van der Waals surface area contributed by atoms with Crippen molar-refractivity contribution in [2.24, 2.45) is 4.99 Å². The van der Waals surface area contributed by atoms with Crippen LogP contribution < -0.4 is 14.2 Å². The fraction of sp³-hybridized carbons (Fsp3) is 0.474. The number of carbonyl (C=O) groups excluding carboxylic acids is 1. The topological polar surface area (TPSA) is 83.8 Å². The number of amides is 1. The van der Waals surface area contributed by atoms with Crippen molar-refractivity contribution < 1.29 is 24.1 Å². The number of nitrogens with zero attached hydrogens (tertiary/aromatic N) is 3.